The maximum atomic E-state index is 10.6. The number of nitrogens with zero attached hydrogens (tertiary/aromatic N) is 2. The number of nitrogens with two attached hydrogens (primary N) is 1. The fourth-order valence-electron chi connectivity index (χ4n) is 2.08. The van der Waals surface area contributed by atoms with Gasteiger partial charge in [-0.1, -0.05) is 6.07 Å². The number of rotatable bonds is 7. The molecule has 122 valence electrons. The van der Waals surface area contributed by atoms with E-state index in [1.54, 1.807) is 14.2 Å². The summed E-state index contributed by atoms with van der Waals surface area (Å²) in [6, 6.07) is 6.96. The molecule has 1 aromatic carbocycles. The number of hydrogen-bond donors (Lipinski definition) is 2. The fourth-order valence-corrected chi connectivity index (χ4v) is 2.08. The lowest BCUT2D eigenvalue weighted by atomic mass is 10.1. The quantitative estimate of drug-likeness (QED) is 0.594. The minimum Gasteiger partial charge on any atom is -0.493 e. The van der Waals surface area contributed by atoms with Crippen LogP contribution in [0.1, 0.15) is 5.56 Å². The molecule has 0 aliphatic rings. The maximum absolute atomic E-state index is 10.6. The number of aromatic nitrogens is 1. The molecule has 0 radical (unpaired) electrons. The van der Waals surface area contributed by atoms with Crippen LogP contribution in [0.4, 0.5) is 17.2 Å². The number of nitrogen functional groups attached to an aromatic ring is 1. The Balaban J connectivity index is 1.98. The zero-order chi connectivity index (χ0) is 16.8. The third-order valence-electron chi connectivity index (χ3n) is 3.27. The summed E-state index contributed by atoms with van der Waals surface area (Å²) in [5.41, 5.74) is 6.92. The molecule has 2 rings (SSSR count). The van der Waals surface area contributed by atoms with E-state index >= 15 is 0 Å². The highest BCUT2D eigenvalue weighted by Crippen LogP contribution is 2.27. The molecular weight excluding hydrogens is 300 g/mol. The van der Waals surface area contributed by atoms with Gasteiger partial charge in [0.1, 0.15) is 12.0 Å². The Morgan fingerprint density at radius 3 is 2.61 bits per heavy atom. The Morgan fingerprint density at radius 2 is 2.00 bits per heavy atom. The second-order valence-electron chi connectivity index (χ2n) is 4.75. The van der Waals surface area contributed by atoms with E-state index in [0.717, 1.165) is 5.56 Å². The normalized spacial score (nSPS) is 10.2. The summed E-state index contributed by atoms with van der Waals surface area (Å²) in [6.45, 7) is 0.574. The summed E-state index contributed by atoms with van der Waals surface area (Å²) < 4.78 is 10.4. The van der Waals surface area contributed by atoms with Gasteiger partial charge in [-0.05, 0) is 24.1 Å². The van der Waals surface area contributed by atoms with Gasteiger partial charge in [-0.15, -0.1) is 0 Å². The molecule has 0 spiro atoms. The Bertz CT molecular complexity index is 706. The highest BCUT2D eigenvalue weighted by molar-refractivity contribution is 5.64. The van der Waals surface area contributed by atoms with Crippen molar-refractivity contribution in [1.29, 1.82) is 0 Å². The van der Waals surface area contributed by atoms with Crippen molar-refractivity contribution in [2.24, 2.45) is 0 Å². The summed E-state index contributed by atoms with van der Waals surface area (Å²) in [7, 11) is 3.17. The Labute approximate surface area is 133 Å². The monoisotopic (exact) mass is 318 g/mol. The molecule has 0 atom stereocenters. The molecule has 0 aliphatic heterocycles. The minimum atomic E-state index is -0.531. The third kappa shape index (κ3) is 4.00. The molecule has 0 aliphatic carbocycles. The largest absolute Gasteiger partial charge is 0.493 e. The second kappa shape index (κ2) is 7.30. The van der Waals surface area contributed by atoms with Crippen LogP contribution < -0.4 is 20.5 Å². The molecular formula is C15H18N4O4. The lowest BCUT2D eigenvalue weighted by Gasteiger charge is -2.11. The maximum Gasteiger partial charge on any atom is 0.289 e. The Kier molecular flexibility index (Phi) is 5.19. The molecule has 0 unspecified atom stereocenters. The van der Waals surface area contributed by atoms with Crippen LogP contribution in [-0.2, 0) is 6.42 Å². The number of nitro groups is 1. The minimum absolute atomic E-state index is 0.132. The molecule has 0 saturated heterocycles. The van der Waals surface area contributed by atoms with Crippen molar-refractivity contribution in [2.45, 2.75) is 6.42 Å². The van der Waals surface area contributed by atoms with E-state index in [4.69, 9.17) is 15.2 Å². The molecule has 0 bridgehead atoms. The molecule has 8 nitrogen and oxygen atoms in total. The second-order valence-corrected chi connectivity index (χ2v) is 4.75. The summed E-state index contributed by atoms with van der Waals surface area (Å²) >= 11 is 0. The summed E-state index contributed by atoms with van der Waals surface area (Å²) in [4.78, 5) is 14.1. The molecule has 8 heteroatoms. The van der Waals surface area contributed by atoms with E-state index < -0.39 is 4.92 Å². The van der Waals surface area contributed by atoms with Crippen LogP contribution in [0.2, 0.25) is 0 Å². The van der Waals surface area contributed by atoms with Crippen LogP contribution in [0.5, 0.6) is 11.5 Å². The van der Waals surface area contributed by atoms with Crippen LogP contribution >= 0.6 is 0 Å². The summed E-state index contributed by atoms with van der Waals surface area (Å²) in [5, 5.41) is 13.7. The van der Waals surface area contributed by atoms with Gasteiger partial charge < -0.3 is 20.5 Å². The molecule has 0 saturated carbocycles. The first-order valence-electron chi connectivity index (χ1n) is 6.90. The fraction of sp³-hybridized carbons (Fsp3) is 0.267. The van der Waals surface area contributed by atoms with E-state index in [2.05, 4.69) is 10.3 Å². The van der Waals surface area contributed by atoms with Crippen molar-refractivity contribution in [3.8, 4) is 11.5 Å². The van der Waals surface area contributed by atoms with Crippen LogP contribution in [-0.4, -0.2) is 30.7 Å². The van der Waals surface area contributed by atoms with Gasteiger partial charge in [-0.25, -0.2) is 4.98 Å². The lowest BCUT2D eigenvalue weighted by Crippen LogP contribution is -2.09. The average Bonchev–Trinajstić information content (AvgIpc) is 2.55. The highest BCUT2D eigenvalue weighted by atomic mass is 16.6. The first kappa shape index (κ1) is 16.3. The zero-order valence-electron chi connectivity index (χ0n) is 12.9. The SMILES string of the molecule is COc1ccc(CCNc2ncc([N+](=O)[O-])cc2N)cc1OC. The van der Waals surface area contributed by atoms with Gasteiger partial charge in [0.25, 0.3) is 5.69 Å². The number of pyridine rings is 1. The third-order valence-corrected chi connectivity index (χ3v) is 3.27. The number of methoxy groups -OCH3 is 2. The van der Waals surface area contributed by atoms with Crippen molar-refractivity contribution in [1.82, 2.24) is 4.98 Å². The van der Waals surface area contributed by atoms with Crippen molar-refractivity contribution in [3.63, 3.8) is 0 Å². The lowest BCUT2D eigenvalue weighted by molar-refractivity contribution is -0.385. The standard InChI is InChI=1S/C15H18N4O4/c1-22-13-4-3-10(7-14(13)23-2)5-6-17-15-12(16)8-11(9-18-15)19(20)21/h3-4,7-9H,5-6,16H2,1-2H3,(H,17,18). The first-order chi connectivity index (χ1) is 11.0. The predicted octanol–water partition coefficient (Wildman–Crippen LogP) is 2.24. The van der Waals surface area contributed by atoms with Crippen LogP contribution in [0.15, 0.2) is 30.5 Å². The van der Waals surface area contributed by atoms with Gasteiger partial charge in [-0.2, -0.15) is 0 Å². The molecule has 1 aromatic heterocycles. The van der Waals surface area contributed by atoms with Crippen molar-refractivity contribution in [2.75, 3.05) is 31.8 Å². The Morgan fingerprint density at radius 1 is 1.26 bits per heavy atom. The summed E-state index contributed by atoms with van der Waals surface area (Å²) in [5.74, 6) is 1.76. The topological polar surface area (TPSA) is 113 Å². The van der Waals surface area contributed by atoms with E-state index in [1.165, 1.54) is 12.3 Å². The first-order valence-corrected chi connectivity index (χ1v) is 6.90. The summed E-state index contributed by atoms with van der Waals surface area (Å²) in [6.07, 6.45) is 1.88. The number of anilines is 2. The van der Waals surface area contributed by atoms with E-state index in [9.17, 15) is 10.1 Å². The van der Waals surface area contributed by atoms with Crippen LogP contribution in [0.25, 0.3) is 0 Å². The van der Waals surface area contributed by atoms with E-state index in [1.807, 2.05) is 18.2 Å². The van der Waals surface area contributed by atoms with E-state index in [0.29, 0.717) is 30.3 Å². The van der Waals surface area contributed by atoms with Gasteiger partial charge >= 0.3 is 0 Å². The van der Waals surface area contributed by atoms with Gasteiger partial charge in [0.15, 0.2) is 11.5 Å². The highest BCUT2D eigenvalue weighted by Gasteiger charge is 2.10. The molecule has 23 heavy (non-hydrogen) atoms. The average molecular weight is 318 g/mol. The number of benzene rings is 1. The van der Waals surface area contributed by atoms with Crippen LogP contribution in [0.3, 0.4) is 0 Å². The number of hydrogen-bond acceptors (Lipinski definition) is 7. The van der Waals surface area contributed by atoms with Crippen molar-refractivity contribution >= 4 is 17.2 Å². The number of ether oxygens (including phenoxy) is 2. The number of nitrogens with one attached hydrogen (secondary N) is 1. The van der Waals surface area contributed by atoms with Gasteiger partial charge in [0, 0.05) is 12.6 Å². The molecule has 3 N–H and O–H groups in total. The van der Waals surface area contributed by atoms with Gasteiger partial charge in [0.05, 0.1) is 24.8 Å². The molecule has 0 fully saturated rings. The van der Waals surface area contributed by atoms with Crippen molar-refractivity contribution in [3.05, 3.63) is 46.1 Å². The van der Waals surface area contributed by atoms with Gasteiger partial charge in [-0.3, -0.25) is 10.1 Å². The van der Waals surface area contributed by atoms with E-state index in [-0.39, 0.29) is 11.4 Å². The van der Waals surface area contributed by atoms with Crippen molar-refractivity contribution < 1.29 is 14.4 Å². The van der Waals surface area contributed by atoms with Crippen LogP contribution in [0, 0.1) is 10.1 Å². The molecule has 1 heterocycles. The molecule has 0 amide bonds. The Hall–Kier alpha value is -3.03. The predicted molar refractivity (Wildman–Crippen MR) is 87.0 cm³/mol. The molecule has 2 aromatic rings. The smallest absolute Gasteiger partial charge is 0.289 e. The van der Waals surface area contributed by atoms with Gasteiger partial charge in [0.2, 0.25) is 0 Å². The zero-order valence-corrected chi connectivity index (χ0v) is 12.9.